The normalized spacial score (nSPS) is 10.3. The fraction of sp³-hybridized carbons (Fsp3) is 0.0714. The molecule has 0 atom stereocenters. The van der Waals surface area contributed by atoms with Gasteiger partial charge in [0.25, 0.3) is 5.91 Å². The van der Waals surface area contributed by atoms with E-state index < -0.39 is 0 Å². The van der Waals surface area contributed by atoms with Crippen LogP contribution in [0.2, 0.25) is 0 Å². The molecule has 0 heterocycles. The first-order valence-electron chi connectivity index (χ1n) is 5.69. The summed E-state index contributed by atoms with van der Waals surface area (Å²) in [5.74, 6) is -0.00849. The number of hydrogen-bond donors (Lipinski definition) is 2. The SMILES string of the molecule is O=C(NCc1ccccc1)c1c(I)cc(I)c(O)c1I. The van der Waals surface area contributed by atoms with E-state index in [1.165, 1.54) is 0 Å². The molecule has 6 heteroatoms. The molecule has 0 bridgehead atoms. The largest absolute Gasteiger partial charge is 0.506 e. The monoisotopic (exact) mass is 605 g/mol. The number of hydrogen-bond acceptors (Lipinski definition) is 2. The van der Waals surface area contributed by atoms with Crippen LogP contribution in [0.3, 0.4) is 0 Å². The maximum absolute atomic E-state index is 12.3. The number of amides is 1. The highest BCUT2D eigenvalue weighted by Crippen LogP contribution is 2.32. The molecule has 0 unspecified atom stereocenters. The van der Waals surface area contributed by atoms with E-state index in [1.807, 2.05) is 52.9 Å². The predicted octanol–water partition coefficient (Wildman–Crippen LogP) is 4.14. The molecule has 0 aliphatic rings. The number of aromatic hydroxyl groups is 1. The molecule has 0 aliphatic heterocycles. The van der Waals surface area contributed by atoms with Gasteiger partial charge >= 0.3 is 0 Å². The molecule has 2 N–H and O–H groups in total. The molecule has 2 aromatic rings. The van der Waals surface area contributed by atoms with Crippen molar-refractivity contribution in [3.63, 3.8) is 0 Å². The predicted molar refractivity (Wildman–Crippen MR) is 104 cm³/mol. The van der Waals surface area contributed by atoms with Crippen LogP contribution in [0.15, 0.2) is 36.4 Å². The molecule has 0 fully saturated rings. The molecule has 104 valence electrons. The minimum absolute atomic E-state index is 0.163. The lowest BCUT2D eigenvalue weighted by molar-refractivity contribution is 0.0948. The Balaban J connectivity index is 2.20. The molecule has 0 aliphatic carbocycles. The van der Waals surface area contributed by atoms with Crippen LogP contribution in [0.25, 0.3) is 0 Å². The van der Waals surface area contributed by atoms with Gasteiger partial charge in [0.1, 0.15) is 5.75 Å². The third-order valence-electron chi connectivity index (χ3n) is 2.67. The van der Waals surface area contributed by atoms with E-state index in [-0.39, 0.29) is 11.7 Å². The van der Waals surface area contributed by atoms with E-state index >= 15 is 0 Å². The van der Waals surface area contributed by atoms with Crippen molar-refractivity contribution in [1.82, 2.24) is 5.32 Å². The average Bonchev–Trinajstić information content (AvgIpc) is 2.44. The highest BCUT2D eigenvalue weighted by molar-refractivity contribution is 14.1. The molecule has 0 spiro atoms. The highest BCUT2D eigenvalue weighted by Gasteiger charge is 2.19. The molecule has 2 aromatic carbocycles. The molecule has 2 rings (SSSR count). The number of halogens is 3. The van der Waals surface area contributed by atoms with E-state index in [9.17, 15) is 9.90 Å². The van der Waals surface area contributed by atoms with Gasteiger partial charge in [0.2, 0.25) is 0 Å². The number of phenols is 1. The summed E-state index contributed by atoms with van der Waals surface area (Å²) in [6.07, 6.45) is 0. The molecule has 0 aromatic heterocycles. The van der Waals surface area contributed by atoms with Gasteiger partial charge < -0.3 is 10.4 Å². The van der Waals surface area contributed by atoms with Crippen molar-refractivity contribution in [2.45, 2.75) is 6.54 Å². The molecule has 20 heavy (non-hydrogen) atoms. The van der Waals surface area contributed by atoms with Gasteiger partial charge in [-0.25, -0.2) is 0 Å². The molecule has 0 saturated heterocycles. The van der Waals surface area contributed by atoms with Crippen LogP contribution >= 0.6 is 67.8 Å². The van der Waals surface area contributed by atoms with Crippen molar-refractivity contribution in [2.24, 2.45) is 0 Å². The van der Waals surface area contributed by atoms with Crippen LogP contribution in [-0.2, 0) is 6.54 Å². The number of carbonyl (C=O) groups excluding carboxylic acids is 1. The summed E-state index contributed by atoms with van der Waals surface area (Å²) in [7, 11) is 0. The Morgan fingerprint density at radius 3 is 2.40 bits per heavy atom. The standard InChI is InChI=1S/C14H10I3NO2/c15-9-6-10(16)13(19)12(17)11(9)14(20)18-7-8-4-2-1-3-5-8/h1-6,19H,7H2,(H,18,20). The zero-order chi connectivity index (χ0) is 14.7. The Hall–Kier alpha value is -0.100. The van der Waals surface area contributed by atoms with Gasteiger partial charge in [0.15, 0.2) is 0 Å². The lowest BCUT2D eigenvalue weighted by Gasteiger charge is -2.11. The van der Waals surface area contributed by atoms with Gasteiger partial charge in [-0.2, -0.15) is 0 Å². The van der Waals surface area contributed by atoms with E-state index in [0.29, 0.717) is 15.7 Å². The number of rotatable bonds is 3. The van der Waals surface area contributed by atoms with Crippen LogP contribution in [0.5, 0.6) is 5.75 Å². The maximum atomic E-state index is 12.3. The highest BCUT2D eigenvalue weighted by atomic mass is 127. The number of benzene rings is 2. The van der Waals surface area contributed by atoms with Gasteiger partial charge in [-0.05, 0) is 79.4 Å². The first-order valence-corrected chi connectivity index (χ1v) is 8.93. The number of nitrogens with one attached hydrogen (secondary N) is 1. The van der Waals surface area contributed by atoms with E-state index in [1.54, 1.807) is 6.07 Å². The first kappa shape index (κ1) is 16.3. The third-order valence-corrected chi connectivity index (χ3v) is 5.39. The maximum Gasteiger partial charge on any atom is 0.253 e. The van der Waals surface area contributed by atoms with Gasteiger partial charge in [-0.1, -0.05) is 30.3 Å². The minimum atomic E-state index is -0.172. The zero-order valence-corrected chi connectivity index (χ0v) is 16.6. The van der Waals surface area contributed by atoms with Gasteiger partial charge in [-0.15, -0.1) is 0 Å². The summed E-state index contributed by atoms with van der Waals surface area (Å²) >= 11 is 6.18. The summed E-state index contributed by atoms with van der Waals surface area (Å²) in [4.78, 5) is 12.3. The second kappa shape index (κ2) is 7.25. The van der Waals surface area contributed by atoms with Crippen molar-refractivity contribution in [1.29, 1.82) is 0 Å². The second-order valence-corrected chi connectivity index (χ2v) is 7.45. The molecule has 3 nitrogen and oxygen atoms in total. The van der Waals surface area contributed by atoms with Crippen molar-refractivity contribution in [3.05, 3.63) is 58.2 Å². The fourth-order valence-corrected chi connectivity index (χ4v) is 5.52. The van der Waals surface area contributed by atoms with Gasteiger partial charge in [-0.3, -0.25) is 4.79 Å². The molecule has 1 amide bonds. The minimum Gasteiger partial charge on any atom is -0.506 e. The van der Waals surface area contributed by atoms with Gasteiger partial charge in [0.05, 0.1) is 12.7 Å². The Labute approximate surface area is 158 Å². The van der Waals surface area contributed by atoms with Crippen molar-refractivity contribution < 1.29 is 9.90 Å². The summed E-state index contributed by atoms with van der Waals surface area (Å²) in [5.41, 5.74) is 1.57. The number of phenolic OH excluding ortho intramolecular Hbond substituents is 1. The topological polar surface area (TPSA) is 49.3 Å². The molecule has 0 saturated carbocycles. The summed E-state index contributed by atoms with van der Waals surface area (Å²) in [6, 6.07) is 11.5. The Morgan fingerprint density at radius 2 is 1.75 bits per heavy atom. The molecule has 0 radical (unpaired) electrons. The Morgan fingerprint density at radius 1 is 1.10 bits per heavy atom. The number of carbonyl (C=O) groups is 1. The lowest BCUT2D eigenvalue weighted by Crippen LogP contribution is -2.24. The van der Waals surface area contributed by atoms with Crippen LogP contribution in [0.4, 0.5) is 0 Å². The van der Waals surface area contributed by atoms with Crippen molar-refractivity contribution >= 4 is 73.7 Å². The average molecular weight is 605 g/mol. The quantitative estimate of drug-likeness (QED) is 0.518. The fourth-order valence-electron chi connectivity index (χ4n) is 1.65. The van der Waals surface area contributed by atoms with Crippen LogP contribution in [0.1, 0.15) is 15.9 Å². The zero-order valence-electron chi connectivity index (χ0n) is 10.2. The van der Waals surface area contributed by atoms with Crippen LogP contribution < -0.4 is 5.32 Å². The third kappa shape index (κ3) is 3.75. The second-order valence-electron chi connectivity index (χ2n) is 4.05. The van der Waals surface area contributed by atoms with Gasteiger partial charge in [0, 0.05) is 10.1 Å². The van der Waals surface area contributed by atoms with E-state index in [2.05, 4.69) is 50.5 Å². The van der Waals surface area contributed by atoms with E-state index in [0.717, 1.165) is 12.7 Å². The van der Waals surface area contributed by atoms with Crippen LogP contribution in [-0.4, -0.2) is 11.0 Å². The van der Waals surface area contributed by atoms with Crippen LogP contribution in [0, 0.1) is 10.7 Å². The molecular weight excluding hydrogens is 595 g/mol. The summed E-state index contributed by atoms with van der Waals surface area (Å²) in [5, 5.41) is 12.8. The smallest absolute Gasteiger partial charge is 0.253 e. The Kier molecular flexibility index (Phi) is 5.90. The first-order chi connectivity index (χ1) is 9.50. The summed E-state index contributed by atoms with van der Waals surface area (Å²) in [6.45, 7) is 0.471. The Bertz CT molecular complexity index is 645. The lowest BCUT2D eigenvalue weighted by atomic mass is 10.2. The van der Waals surface area contributed by atoms with Crippen molar-refractivity contribution in [3.8, 4) is 5.75 Å². The summed E-state index contributed by atoms with van der Waals surface area (Å²) < 4.78 is 2.17. The van der Waals surface area contributed by atoms with E-state index in [4.69, 9.17) is 0 Å². The molecular formula is C14H10I3NO2. The van der Waals surface area contributed by atoms with Crippen molar-refractivity contribution in [2.75, 3.05) is 0 Å².